The van der Waals surface area contributed by atoms with E-state index in [9.17, 15) is 8.42 Å². The molecule has 0 aliphatic rings. The molecular weight excluding hydrogens is 316 g/mol. The number of hydrogen-bond acceptors (Lipinski definition) is 5. The topological polar surface area (TPSA) is 59.9 Å². The summed E-state index contributed by atoms with van der Waals surface area (Å²) in [4.78, 5) is 8.14. The molecule has 0 bridgehead atoms. The summed E-state index contributed by atoms with van der Waals surface area (Å²) in [5.74, 6) is -0.117. The van der Waals surface area contributed by atoms with E-state index < -0.39 is 9.84 Å². The molecular formula is C13H15ClN2O2S2. The van der Waals surface area contributed by atoms with Gasteiger partial charge in [0.15, 0.2) is 0 Å². The normalized spacial score (nSPS) is 12.6. The quantitative estimate of drug-likeness (QED) is 0.808. The van der Waals surface area contributed by atoms with Gasteiger partial charge in [-0.1, -0.05) is 38.4 Å². The van der Waals surface area contributed by atoms with Gasteiger partial charge in [0.05, 0.1) is 11.4 Å². The Kier molecular flexibility index (Phi) is 4.18. The highest BCUT2D eigenvalue weighted by Gasteiger charge is 2.24. The Balaban J connectivity index is 2.27. The molecule has 108 valence electrons. The zero-order valence-electron chi connectivity index (χ0n) is 11.4. The maximum Gasteiger partial charge on any atom is 0.209 e. The van der Waals surface area contributed by atoms with Gasteiger partial charge in [0.25, 0.3) is 0 Å². The predicted molar refractivity (Wildman–Crippen MR) is 81.0 cm³/mol. The Labute approximate surface area is 127 Å². The van der Waals surface area contributed by atoms with Gasteiger partial charge < -0.3 is 0 Å². The maximum absolute atomic E-state index is 12.3. The lowest BCUT2D eigenvalue weighted by Gasteiger charge is -2.14. The number of aromatic nitrogens is 2. The van der Waals surface area contributed by atoms with Gasteiger partial charge >= 0.3 is 0 Å². The van der Waals surface area contributed by atoms with Crippen molar-refractivity contribution in [1.29, 1.82) is 0 Å². The van der Waals surface area contributed by atoms with E-state index in [0.717, 1.165) is 17.0 Å². The van der Waals surface area contributed by atoms with Gasteiger partial charge in [-0.25, -0.2) is 18.4 Å². The molecule has 0 aliphatic heterocycles. The third kappa shape index (κ3) is 3.56. The first-order valence-electron chi connectivity index (χ1n) is 5.98. The number of hydrogen-bond donors (Lipinski definition) is 0. The van der Waals surface area contributed by atoms with Crippen LogP contribution in [0.1, 0.15) is 32.0 Å². The van der Waals surface area contributed by atoms with Crippen LogP contribution in [0.25, 0.3) is 0 Å². The van der Waals surface area contributed by atoms with Crippen molar-refractivity contribution in [1.82, 2.24) is 9.97 Å². The molecule has 0 N–H and O–H groups in total. The molecule has 0 radical (unpaired) electrons. The number of rotatable bonds is 3. The highest BCUT2D eigenvalue weighted by atomic mass is 35.5. The van der Waals surface area contributed by atoms with Crippen LogP contribution in [0, 0.1) is 0 Å². The van der Waals surface area contributed by atoms with Crippen LogP contribution < -0.4 is 0 Å². The van der Waals surface area contributed by atoms with Crippen molar-refractivity contribution in [3.05, 3.63) is 40.1 Å². The first kappa shape index (κ1) is 15.4. The van der Waals surface area contributed by atoms with Crippen LogP contribution >= 0.6 is 22.9 Å². The molecule has 20 heavy (non-hydrogen) atoms. The van der Waals surface area contributed by atoms with Gasteiger partial charge in [-0.3, -0.25) is 0 Å². The highest BCUT2D eigenvalue weighted by molar-refractivity contribution is 7.92. The molecule has 0 unspecified atom stereocenters. The summed E-state index contributed by atoms with van der Waals surface area (Å²) in [6.07, 6.45) is 1.47. The second kappa shape index (κ2) is 5.42. The van der Waals surface area contributed by atoms with Gasteiger partial charge in [0, 0.05) is 17.0 Å². The minimum Gasteiger partial charge on any atom is -0.244 e. The molecule has 2 aromatic rings. The maximum atomic E-state index is 12.3. The van der Waals surface area contributed by atoms with Crippen LogP contribution in [0.3, 0.4) is 0 Å². The molecule has 0 fully saturated rings. The zero-order chi connectivity index (χ0) is 15.0. The number of pyridine rings is 1. The van der Waals surface area contributed by atoms with Gasteiger partial charge in [0.1, 0.15) is 5.15 Å². The molecule has 0 saturated heterocycles. The SMILES string of the molecule is CC(C)(C)c1csc(S(=O)(=O)Cc2ccc(Cl)nc2)n1. The molecule has 2 aromatic heterocycles. The van der Waals surface area contributed by atoms with Gasteiger partial charge in [-0.05, 0) is 11.6 Å². The molecule has 0 spiro atoms. The lowest BCUT2D eigenvalue weighted by Crippen LogP contribution is -2.12. The van der Waals surface area contributed by atoms with Gasteiger partial charge in [-0.15, -0.1) is 11.3 Å². The fourth-order valence-electron chi connectivity index (χ4n) is 1.52. The second-order valence-electron chi connectivity index (χ2n) is 5.50. The molecule has 0 aliphatic carbocycles. The van der Waals surface area contributed by atoms with Gasteiger partial charge in [0.2, 0.25) is 14.2 Å². The Morgan fingerprint density at radius 3 is 2.50 bits per heavy atom. The summed E-state index contributed by atoms with van der Waals surface area (Å²) in [5.41, 5.74) is 1.23. The summed E-state index contributed by atoms with van der Waals surface area (Å²) in [5, 5.41) is 2.14. The van der Waals surface area contributed by atoms with E-state index in [-0.39, 0.29) is 15.5 Å². The molecule has 0 aromatic carbocycles. The van der Waals surface area contributed by atoms with Crippen molar-refractivity contribution in [2.24, 2.45) is 0 Å². The smallest absolute Gasteiger partial charge is 0.209 e. The van der Waals surface area contributed by atoms with E-state index in [4.69, 9.17) is 11.6 Å². The minimum atomic E-state index is -3.44. The third-order valence-electron chi connectivity index (χ3n) is 2.66. The summed E-state index contributed by atoms with van der Waals surface area (Å²) in [7, 11) is -3.44. The standard InChI is InChI=1S/C13H15ClN2O2S2/c1-13(2,3)10-7-19-12(16-10)20(17,18)8-9-4-5-11(14)15-6-9/h4-7H,8H2,1-3H3. The lowest BCUT2D eigenvalue weighted by molar-refractivity contribution is 0.564. The number of halogens is 1. The van der Waals surface area contributed by atoms with E-state index in [1.165, 1.54) is 6.20 Å². The summed E-state index contributed by atoms with van der Waals surface area (Å²) >= 11 is 6.84. The van der Waals surface area contributed by atoms with Crippen molar-refractivity contribution in [2.75, 3.05) is 0 Å². The molecule has 7 heteroatoms. The Morgan fingerprint density at radius 2 is 2.00 bits per heavy atom. The average molecular weight is 331 g/mol. The Bertz CT molecular complexity index is 701. The Morgan fingerprint density at radius 1 is 1.30 bits per heavy atom. The molecule has 2 rings (SSSR count). The monoisotopic (exact) mass is 330 g/mol. The van der Waals surface area contributed by atoms with Crippen LogP contribution in [0.4, 0.5) is 0 Å². The van der Waals surface area contributed by atoms with Gasteiger partial charge in [-0.2, -0.15) is 0 Å². The second-order valence-corrected chi connectivity index (χ2v) is 8.91. The van der Waals surface area contributed by atoms with Crippen molar-refractivity contribution in [3.63, 3.8) is 0 Å². The number of nitrogens with zero attached hydrogens (tertiary/aromatic N) is 2. The fourth-order valence-corrected chi connectivity index (χ4v) is 4.28. The minimum absolute atomic E-state index is 0.117. The Hall–Kier alpha value is -0.980. The number of thiazole rings is 1. The van der Waals surface area contributed by atoms with Crippen molar-refractivity contribution in [3.8, 4) is 0 Å². The van der Waals surface area contributed by atoms with E-state index in [2.05, 4.69) is 9.97 Å². The van der Waals surface area contributed by atoms with Crippen LogP contribution in [-0.4, -0.2) is 18.4 Å². The number of sulfone groups is 1. The third-order valence-corrected chi connectivity index (χ3v) is 5.91. The van der Waals surface area contributed by atoms with E-state index in [1.54, 1.807) is 17.5 Å². The molecule has 0 saturated carbocycles. The molecule has 2 heterocycles. The molecule has 0 amide bonds. The first-order valence-corrected chi connectivity index (χ1v) is 8.89. The van der Waals surface area contributed by atoms with Crippen LogP contribution in [0.2, 0.25) is 5.15 Å². The van der Waals surface area contributed by atoms with Crippen molar-refractivity contribution < 1.29 is 8.42 Å². The molecule has 0 atom stereocenters. The summed E-state index contributed by atoms with van der Waals surface area (Å²) < 4.78 is 24.8. The highest BCUT2D eigenvalue weighted by Crippen LogP contribution is 2.27. The summed E-state index contributed by atoms with van der Waals surface area (Å²) in [6.45, 7) is 6.00. The van der Waals surface area contributed by atoms with Crippen LogP contribution in [0.5, 0.6) is 0 Å². The largest absolute Gasteiger partial charge is 0.244 e. The van der Waals surface area contributed by atoms with E-state index >= 15 is 0 Å². The average Bonchev–Trinajstić information content (AvgIpc) is 2.82. The first-order chi connectivity index (χ1) is 9.18. The van der Waals surface area contributed by atoms with E-state index in [0.29, 0.717) is 10.7 Å². The predicted octanol–water partition coefficient (Wildman–Crippen LogP) is 3.46. The van der Waals surface area contributed by atoms with E-state index in [1.807, 2.05) is 20.8 Å². The lowest BCUT2D eigenvalue weighted by atomic mass is 9.93. The summed E-state index contributed by atoms with van der Waals surface area (Å²) in [6, 6.07) is 3.24. The van der Waals surface area contributed by atoms with Crippen LogP contribution in [0.15, 0.2) is 28.0 Å². The molecule has 4 nitrogen and oxygen atoms in total. The fraction of sp³-hybridized carbons (Fsp3) is 0.385. The zero-order valence-corrected chi connectivity index (χ0v) is 13.8. The van der Waals surface area contributed by atoms with Crippen molar-refractivity contribution in [2.45, 2.75) is 36.3 Å². The van der Waals surface area contributed by atoms with Crippen molar-refractivity contribution >= 4 is 32.8 Å². The van der Waals surface area contributed by atoms with Crippen LogP contribution in [-0.2, 0) is 21.0 Å².